The summed E-state index contributed by atoms with van der Waals surface area (Å²) < 4.78 is 7.99. The van der Waals surface area contributed by atoms with Gasteiger partial charge in [0.05, 0.1) is 11.4 Å². The highest BCUT2D eigenvalue weighted by Crippen LogP contribution is 2.30. The molecule has 0 saturated carbocycles. The molecule has 0 spiro atoms. The van der Waals surface area contributed by atoms with Crippen LogP contribution in [0.5, 0.6) is 0 Å². The lowest BCUT2D eigenvalue weighted by atomic mass is 10.2. The first-order valence-electron chi connectivity index (χ1n) is 11.3. The summed E-state index contributed by atoms with van der Waals surface area (Å²) in [6.45, 7) is 6.30. The lowest BCUT2D eigenvalue weighted by molar-refractivity contribution is 0.627. The smallest absolute Gasteiger partial charge is 0.156 e. The van der Waals surface area contributed by atoms with E-state index in [0.717, 1.165) is 52.5 Å². The average molecular weight is 435 g/mol. The standard InChI is InChI=1S/C28H26N4O/c1-3-31(4-2)24-16-14-23(15-17-24)29-19-22-20-32(25-11-6-5-7-12-25)30-28(22)27-18-21-10-8-9-13-26(21)33-27/h5-20H,3-4H2,1-2H3. The van der Waals surface area contributed by atoms with Crippen molar-refractivity contribution in [2.75, 3.05) is 18.0 Å². The number of hydrogen-bond acceptors (Lipinski definition) is 4. The van der Waals surface area contributed by atoms with Gasteiger partial charge in [-0.05, 0) is 62.4 Å². The Morgan fingerprint density at radius 2 is 1.64 bits per heavy atom. The Morgan fingerprint density at radius 3 is 2.36 bits per heavy atom. The Kier molecular flexibility index (Phi) is 5.77. The summed E-state index contributed by atoms with van der Waals surface area (Å²) in [5.74, 6) is 0.726. The van der Waals surface area contributed by atoms with E-state index in [9.17, 15) is 0 Å². The minimum atomic E-state index is 0.726. The maximum absolute atomic E-state index is 6.12. The second-order valence-corrected chi connectivity index (χ2v) is 7.81. The molecule has 0 amide bonds. The van der Waals surface area contributed by atoms with Gasteiger partial charge in [-0.1, -0.05) is 36.4 Å². The average Bonchev–Trinajstić information content (AvgIpc) is 3.49. The van der Waals surface area contributed by atoms with Crippen molar-refractivity contribution >= 4 is 28.6 Å². The molecule has 2 heterocycles. The minimum absolute atomic E-state index is 0.726. The van der Waals surface area contributed by atoms with E-state index < -0.39 is 0 Å². The van der Waals surface area contributed by atoms with Crippen molar-refractivity contribution < 1.29 is 4.42 Å². The van der Waals surface area contributed by atoms with Crippen LogP contribution in [0.4, 0.5) is 11.4 Å². The molecule has 5 nitrogen and oxygen atoms in total. The summed E-state index contributed by atoms with van der Waals surface area (Å²) in [5, 5.41) is 5.90. The third-order valence-electron chi connectivity index (χ3n) is 5.75. The van der Waals surface area contributed by atoms with E-state index in [1.165, 1.54) is 5.69 Å². The molecule has 5 rings (SSSR count). The lowest BCUT2D eigenvalue weighted by Crippen LogP contribution is -2.21. The van der Waals surface area contributed by atoms with Crippen molar-refractivity contribution in [2.45, 2.75) is 13.8 Å². The molecule has 5 aromatic rings. The van der Waals surface area contributed by atoms with Gasteiger partial charge in [0.2, 0.25) is 0 Å². The highest BCUT2D eigenvalue weighted by molar-refractivity contribution is 5.91. The van der Waals surface area contributed by atoms with Crippen LogP contribution in [0.15, 0.2) is 101 Å². The number of aliphatic imine (C=N–C) groups is 1. The van der Waals surface area contributed by atoms with Crippen LogP contribution in [-0.2, 0) is 0 Å². The molecule has 0 saturated heterocycles. The number of benzene rings is 3. The third kappa shape index (κ3) is 4.30. The van der Waals surface area contributed by atoms with E-state index in [4.69, 9.17) is 14.5 Å². The molecule has 164 valence electrons. The number of fused-ring (bicyclic) bond motifs is 1. The zero-order valence-corrected chi connectivity index (χ0v) is 18.8. The number of para-hydroxylation sites is 2. The molecule has 0 aliphatic rings. The van der Waals surface area contributed by atoms with Crippen LogP contribution in [0.3, 0.4) is 0 Å². The van der Waals surface area contributed by atoms with Gasteiger partial charge in [0.1, 0.15) is 11.3 Å². The monoisotopic (exact) mass is 434 g/mol. The molecular formula is C28H26N4O. The van der Waals surface area contributed by atoms with Crippen LogP contribution in [0, 0.1) is 0 Å². The molecule has 2 aromatic heterocycles. The Labute approximate surface area is 193 Å². The summed E-state index contributed by atoms with van der Waals surface area (Å²) in [5.41, 5.74) is 5.59. The topological polar surface area (TPSA) is 46.6 Å². The van der Waals surface area contributed by atoms with E-state index in [1.807, 2.05) is 89.9 Å². The van der Waals surface area contributed by atoms with Crippen molar-refractivity contribution in [3.63, 3.8) is 0 Å². The van der Waals surface area contributed by atoms with Gasteiger partial charge in [0.15, 0.2) is 5.76 Å². The summed E-state index contributed by atoms with van der Waals surface area (Å²) >= 11 is 0. The van der Waals surface area contributed by atoms with Crippen molar-refractivity contribution in [2.24, 2.45) is 4.99 Å². The first kappa shape index (κ1) is 20.8. The number of furan rings is 1. The van der Waals surface area contributed by atoms with Crippen LogP contribution < -0.4 is 4.90 Å². The molecule has 0 aliphatic carbocycles. The summed E-state index contributed by atoms with van der Waals surface area (Å²) in [6, 6.07) is 28.4. The van der Waals surface area contributed by atoms with E-state index in [0.29, 0.717) is 0 Å². The van der Waals surface area contributed by atoms with Crippen molar-refractivity contribution in [1.29, 1.82) is 0 Å². The Hall–Kier alpha value is -4.12. The summed E-state index contributed by atoms with van der Waals surface area (Å²) in [7, 11) is 0. The fraction of sp³-hybridized carbons (Fsp3) is 0.143. The number of anilines is 1. The molecule has 33 heavy (non-hydrogen) atoms. The van der Waals surface area contributed by atoms with Gasteiger partial charge < -0.3 is 9.32 Å². The van der Waals surface area contributed by atoms with Crippen LogP contribution in [-0.4, -0.2) is 29.1 Å². The molecular weight excluding hydrogens is 408 g/mol. The number of aromatic nitrogens is 2. The largest absolute Gasteiger partial charge is 0.454 e. The van der Waals surface area contributed by atoms with Crippen LogP contribution in [0.1, 0.15) is 19.4 Å². The lowest BCUT2D eigenvalue weighted by Gasteiger charge is -2.20. The summed E-state index contributed by atoms with van der Waals surface area (Å²) in [4.78, 5) is 7.05. The molecule has 3 aromatic carbocycles. The number of hydrogen-bond donors (Lipinski definition) is 0. The maximum Gasteiger partial charge on any atom is 0.156 e. The van der Waals surface area contributed by atoms with Crippen molar-refractivity contribution in [3.05, 3.63) is 96.7 Å². The molecule has 5 heteroatoms. The molecule has 0 atom stereocenters. The highest BCUT2D eigenvalue weighted by atomic mass is 16.3. The Morgan fingerprint density at radius 1 is 0.909 bits per heavy atom. The van der Waals surface area contributed by atoms with E-state index >= 15 is 0 Å². The van der Waals surface area contributed by atoms with Gasteiger partial charge in [-0.3, -0.25) is 4.99 Å². The fourth-order valence-electron chi connectivity index (χ4n) is 3.97. The second kappa shape index (κ2) is 9.17. The van der Waals surface area contributed by atoms with Gasteiger partial charge in [-0.25, -0.2) is 4.68 Å². The maximum atomic E-state index is 6.12. The Bertz CT molecular complexity index is 1340. The zero-order valence-electron chi connectivity index (χ0n) is 18.8. The summed E-state index contributed by atoms with van der Waals surface area (Å²) in [6.07, 6.45) is 3.85. The van der Waals surface area contributed by atoms with Gasteiger partial charge in [-0.15, -0.1) is 0 Å². The molecule has 0 aliphatic heterocycles. The fourth-order valence-corrected chi connectivity index (χ4v) is 3.97. The van der Waals surface area contributed by atoms with Gasteiger partial charge in [0, 0.05) is 42.1 Å². The molecule has 0 fully saturated rings. The highest BCUT2D eigenvalue weighted by Gasteiger charge is 2.15. The predicted molar refractivity (Wildman–Crippen MR) is 136 cm³/mol. The van der Waals surface area contributed by atoms with Crippen LogP contribution >= 0.6 is 0 Å². The minimum Gasteiger partial charge on any atom is -0.454 e. The van der Waals surface area contributed by atoms with Crippen molar-refractivity contribution in [1.82, 2.24) is 9.78 Å². The predicted octanol–water partition coefficient (Wildman–Crippen LogP) is 6.88. The Balaban J connectivity index is 1.52. The van der Waals surface area contributed by atoms with E-state index in [1.54, 1.807) is 0 Å². The van der Waals surface area contributed by atoms with E-state index in [2.05, 4.69) is 30.9 Å². The SMILES string of the molecule is CCN(CC)c1ccc(N=Cc2cn(-c3ccccc3)nc2-c2cc3ccccc3o2)cc1. The third-order valence-corrected chi connectivity index (χ3v) is 5.75. The molecule has 0 N–H and O–H groups in total. The molecule has 0 unspecified atom stereocenters. The first-order chi connectivity index (χ1) is 16.2. The van der Waals surface area contributed by atoms with Crippen molar-refractivity contribution in [3.8, 4) is 17.1 Å². The molecule has 0 bridgehead atoms. The number of rotatable bonds is 7. The first-order valence-corrected chi connectivity index (χ1v) is 11.3. The van der Waals surface area contributed by atoms with Gasteiger partial charge in [-0.2, -0.15) is 5.10 Å². The van der Waals surface area contributed by atoms with E-state index in [-0.39, 0.29) is 0 Å². The zero-order chi connectivity index (χ0) is 22.6. The second-order valence-electron chi connectivity index (χ2n) is 7.81. The van der Waals surface area contributed by atoms with Gasteiger partial charge >= 0.3 is 0 Å². The molecule has 0 radical (unpaired) electrons. The van der Waals surface area contributed by atoms with Crippen LogP contribution in [0.2, 0.25) is 0 Å². The van der Waals surface area contributed by atoms with Gasteiger partial charge in [0.25, 0.3) is 0 Å². The van der Waals surface area contributed by atoms with Crippen LogP contribution in [0.25, 0.3) is 28.1 Å². The number of nitrogens with zero attached hydrogens (tertiary/aromatic N) is 4. The normalized spacial score (nSPS) is 11.5. The quantitative estimate of drug-likeness (QED) is 0.262.